The van der Waals surface area contributed by atoms with E-state index in [1.165, 1.54) is 23.3 Å². The SMILES string of the molecule is CC(C)CNC(=O)c1ccccc1NC(=O)n1ccnc1. The van der Waals surface area contributed by atoms with E-state index in [1.807, 2.05) is 13.8 Å². The van der Waals surface area contributed by atoms with Crippen LogP contribution in [0.1, 0.15) is 24.2 Å². The van der Waals surface area contributed by atoms with Crippen molar-refractivity contribution in [1.29, 1.82) is 0 Å². The number of carbonyl (C=O) groups is 2. The first-order valence-electron chi connectivity index (χ1n) is 6.74. The van der Waals surface area contributed by atoms with Gasteiger partial charge < -0.3 is 10.6 Å². The van der Waals surface area contributed by atoms with Crippen molar-refractivity contribution in [3.63, 3.8) is 0 Å². The number of para-hydroxylation sites is 1. The number of carbonyl (C=O) groups excluding carboxylic acids is 2. The molecule has 0 aliphatic rings. The first kappa shape index (κ1) is 14.8. The third kappa shape index (κ3) is 3.92. The summed E-state index contributed by atoms with van der Waals surface area (Å²) in [5.41, 5.74) is 0.907. The molecule has 0 saturated heterocycles. The zero-order valence-electron chi connectivity index (χ0n) is 12.0. The lowest BCUT2D eigenvalue weighted by atomic mass is 10.1. The van der Waals surface area contributed by atoms with Crippen molar-refractivity contribution < 1.29 is 9.59 Å². The predicted octanol–water partition coefficient (Wildman–Crippen LogP) is 2.35. The lowest BCUT2D eigenvalue weighted by Crippen LogP contribution is -2.29. The summed E-state index contributed by atoms with van der Waals surface area (Å²) in [6.07, 6.45) is 4.45. The van der Waals surface area contributed by atoms with Crippen LogP contribution in [0.3, 0.4) is 0 Å². The summed E-state index contributed by atoms with van der Waals surface area (Å²) in [6, 6.07) is 6.54. The van der Waals surface area contributed by atoms with E-state index in [9.17, 15) is 9.59 Å². The van der Waals surface area contributed by atoms with Crippen LogP contribution in [-0.2, 0) is 0 Å². The molecule has 0 atom stereocenters. The van der Waals surface area contributed by atoms with Crippen molar-refractivity contribution in [1.82, 2.24) is 14.9 Å². The van der Waals surface area contributed by atoms with E-state index in [-0.39, 0.29) is 11.9 Å². The second-order valence-electron chi connectivity index (χ2n) is 5.05. The van der Waals surface area contributed by atoms with Crippen LogP contribution in [0.2, 0.25) is 0 Å². The molecule has 0 saturated carbocycles. The Hall–Kier alpha value is -2.63. The number of nitrogens with one attached hydrogen (secondary N) is 2. The number of hydrogen-bond donors (Lipinski definition) is 2. The molecule has 1 heterocycles. The standard InChI is InChI=1S/C15H18N4O2/c1-11(2)9-17-14(20)12-5-3-4-6-13(12)18-15(21)19-8-7-16-10-19/h3-8,10-11H,9H2,1-2H3,(H,17,20)(H,18,21). The molecule has 6 heteroatoms. The Morgan fingerprint density at radius 3 is 2.71 bits per heavy atom. The van der Waals surface area contributed by atoms with Crippen LogP contribution in [0, 0.1) is 5.92 Å². The van der Waals surface area contributed by atoms with Gasteiger partial charge in [0.25, 0.3) is 5.91 Å². The molecule has 2 amide bonds. The van der Waals surface area contributed by atoms with Crippen molar-refractivity contribution in [2.24, 2.45) is 5.92 Å². The highest BCUT2D eigenvalue weighted by molar-refractivity contribution is 6.03. The molecule has 2 N–H and O–H groups in total. The molecule has 0 spiro atoms. The summed E-state index contributed by atoms with van der Waals surface area (Å²) in [7, 11) is 0. The molecule has 0 aliphatic heterocycles. The number of hydrogen-bond acceptors (Lipinski definition) is 3. The van der Waals surface area contributed by atoms with E-state index in [0.717, 1.165) is 0 Å². The van der Waals surface area contributed by atoms with Gasteiger partial charge in [-0.05, 0) is 18.1 Å². The smallest absolute Gasteiger partial charge is 0.331 e. The Bertz CT molecular complexity index is 620. The lowest BCUT2D eigenvalue weighted by molar-refractivity contribution is 0.0950. The predicted molar refractivity (Wildman–Crippen MR) is 80.3 cm³/mol. The van der Waals surface area contributed by atoms with E-state index in [0.29, 0.717) is 23.7 Å². The summed E-state index contributed by atoms with van der Waals surface area (Å²) >= 11 is 0. The molecular formula is C15H18N4O2. The van der Waals surface area contributed by atoms with E-state index < -0.39 is 0 Å². The summed E-state index contributed by atoms with van der Waals surface area (Å²) in [5, 5.41) is 5.54. The summed E-state index contributed by atoms with van der Waals surface area (Å²) in [4.78, 5) is 28.0. The van der Waals surface area contributed by atoms with Crippen LogP contribution in [0.5, 0.6) is 0 Å². The Balaban J connectivity index is 2.13. The van der Waals surface area contributed by atoms with Crippen LogP contribution in [-0.4, -0.2) is 28.0 Å². The van der Waals surface area contributed by atoms with Gasteiger partial charge in [0.2, 0.25) is 0 Å². The number of rotatable bonds is 4. The zero-order chi connectivity index (χ0) is 15.2. The van der Waals surface area contributed by atoms with Gasteiger partial charge in [-0.3, -0.25) is 9.36 Å². The fourth-order valence-electron chi connectivity index (χ4n) is 1.74. The Labute approximate surface area is 123 Å². The molecule has 0 fully saturated rings. The lowest BCUT2D eigenvalue weighted by Gasteiger charge is -2.12. The monoisotopic (exact) mass is 286 g/mol. The molecule has 0 bridgehead atoms. The maximum absolute atomic E-state index is 12.2. The number of anilines is 1. The van der Waals surface area contributed by atoms with Crippen LogP contribution in [0.15, 0.2) is 43.0 Å². The number of imidazole rings is 1. The first-order valence-corrected chi connectivity index (χ1v) is 6.74. The average molecular weight is 286 g/mol. The second-order valence-corrected chi connectivity index (χ2v) is 5.05. The normalized spacial score (nSPS) is 10.4. The molecule has 0 unspecified atom stereocenters. The quantitative estimate of drug-likeness (QED) is 0.905. The average Bonchev–Trinajstić information content (AvgIpc) is 2.99. The van der Waals surface area contributed by atoms with Crippen molar-refractivity contribution in [3.05, 3.63) is 48.5 Å². The number of benzene rings is 1. The first-order chi connectivity index (χ1) is 10.1. The minimum absolute atomic E-state index is 0.203. The minimum Gasteiger partial charge on any atom is -0.352 e. The van der Waals surface area contributed by atoms with E-state index in [1.54, 1.807) is 24.3 Å². The Morgan fingerprint density at radius 1 is 1.29 bits per heavy atom. The molecule has 0 radical (unpaired) electrons. The molecule has 2 rings (SSSR count). The highest BCUT2D eigenvalue weighted by atomic mass is 16.2. The van der Waals surface area contributed by atoms with Gasteiger partial charge in [0.05, 0.1) is 11.3 Å². The van der Waals surface area contributed by atoms with Gasteiger partial charge >= 0.3 is 6.03 Å². The van der Waals surface area contributed by atoms with E-state index in [4.69, 9.17) is 0 Å². The Kier molecular flexibility index (Phi) is 4.71. The van der Waals surface area contributed by atoms with Gasteiger partial charge in [0, 0.05) is 18.9 Å². The van der Waals surface area contributed by atoms with E-state index >= 15 is 0 Å². The van der Waals surface area contributed by atoms with Gasteiger partial charge in [-0.25, -0.2) is 9.78 Å². The Morgan fingerprint density at radius 2 is 2.05 bits per heavy atom. The molecule has 110 valence electrons. The highest BCUT2D eigenvalue weighted by Crippen LogP contribution is 2.15. The maximum Gasteiger partial charge on any atom is 0.331 e. The van der Waals surface area contributed by atoms with Gasteiger partial charge in [-0.15, -0.1) is 0 Å². The minimum atomic E-state index is -0.364. The molecular weight excluding hydrogens is 268 g/mol. The fraction of sp³-hybridized carbons (Fsp3) is 0.267. The zero-order valence-corrected chi connectivity index (χ0v) is 12.0. The van der Waals surface area contributed by atoms with Crippen LogP contribution in [0.25, 0.3) is 0 Å². The number of aromatic nitrogens is 2. The molecule has 0 aliphatic carbocycles. The van der Waals surface area contributed by atoms with Crippen LogP contribution >= 0.6 is 0 Å². The van der Waals surface area contributed by atoms with Crippen molar-refractivity contribution >= 4 is 17.6 Å². The maximum atomic E-state index is 12.2. The molecule has 2 aromatic rings. The van der Waals surface area contributed by atoms with Crippen LogP contribution < -0.4 is 10.6 Å². The van der Waals surface area contributed by atoms with Crippen molar-refractivity contribution in [2.75, 3.05) is 11.9 Å². The highest BCUT2D eigenvalue weighted by Gasteiger charge is 2.13. The number of amides is 2. The third-order valence-electron chi connectivity index (χ3n) is 2.82. The van der Waals surface area contributed by atoms with Gasteiger partial charge in [-0.2, -0.15) is 0 Å². The topological polar surface area (TPSA) is 76.0 Å². The summed E-state index contributed by atoms with van der Waals surface area (Å²) in [5.74, 6) is 0.159. The molecule has 1 aromatic carbocycles. The number of nitrogens with zero attached hydrogens (tertiary/aromatic N) is 2. The summed E-state index contributed by atoms with van der Waals surface area (Å²) in [6.45, 7) is 4.63. The molecule has 1 aromatic heterocycles. The molecule has 6 nitrogen and oxygen atoms in total. The fourth-order valence-corrected chi connectivity index (χ4v) is 1.74. The van der Waals surface area contributed by atoms with Crippen LogP contribution in [0.4, 0.5) is 10.5 Å². The van der Waals surface area contributed by atoms with Gasteiger partial charge in [0.1, 0.15) is 6.33 Å². The largest absolute Gasteiger partial charge is 0.352 e. The third-order valence-corrected chi connectivity index (χ3v) is 2.82. The van der Waals surface area contributed by atoms with Gasteiger partial charge in [0.15, 0.2) is 0 Å². The second kappa shape index (κ2) is 6.69. The molecule has 21 heavy (non-hydrogen) atoms. The van der Waals surface area contributed by atoms with Gasteiger partial charge in [-0.1, -0.05) is 26.0 Å². The van der Waals surface area contributed by atoms with Crippen molar-refractivity contribution in [3.8, 4) is 0 Å². The summed E-state index contributed by atoms with van der Waals surface area (Å²) < 4.78 is 1.31. The van der Waals surface area contributed by atoms with Crippen molar-refractivity contribution in [2.45, 2.75) is 13.8 Å². The van der Waals surface area contributed by atoms with E-state index in [2.05, 4.69) is 15.6 Å².